The number of nitrogens with one attached hydrogen (secondary N) is 1. The number of nitrogens with zero attached hydrogens (tertiary/aromatic N) is 1. The third-order valence-corrected chi connectivity index (χ3v) is 3.30. The lowest BCUT2D eigenvalue weighted by molar-refractivity contribution is -0.182. The van der Waals surface area contributed by atoms with E-state index in [9.17, 15) is 24.0 Å². The Hall–Kier alpha value is -2.91. The second kappa shape index (κ2) is 10.9. The molecule has 1 aliphatic rings. The van der Waals surface area contributed by atoms with Gasteiger partial charge in [0.25, 0.3) is 11.8 Å². The molecular weight excluding hydrogens is 348 g/mol. The summed E-state index contributed by atoms with van der Waals surface area (Å²) >= 11 is 0. The normalized spacial score (nSPS) is 13.3. The predicted molar refractivity (Wildman–Crippen MR) is 85.9 cm³/mol. The lowest BCUT2D eigenvalue weighted by Crippen LogP contribution is -2.32. The van der Waals surface area contributed by atoms with Crippen molar-refractivity contribution in [2.75, 3.05) is 13.3 Å². The standard InChI is InChI=1S/C16H22N2O8/c1-11(2)15(22)17-9-5-3-4-6-14(21)24-10-25-16(23)26-18-12(19)7-8-13(18)20/h1,3-10H2,2H3,(H,17,22). The van der Waals surface area contributed by atoms with Crippen LogP contribution in [0.2, 0.25) is 0 Å². The van der Waals surface area contributed by atoms with Gasteiger partial charge in [0, 0.05) is 31.4 Å². The van der Waals surface area contributed by atoms with Gasteiger partial charge in [0.05, 0.1) is 0 Å². The fourth-order valence-corrected chi connectivity index (χ4v) is 1.90. The van der Waals surface area contributed by atoms with Gasteiger partial charge in [-0.05, 0) is 19.8 Å². The topological polar surface area (TPSA) is 128 Å². The average Bonchev–Trinajstić information content (AvgIpc) is 2.89. The summed E-state index contributed by atoms with van der Waals surface area (Å²) < 4.78 is 9.13. The van der Waals surface area contributed by atoms with Crippen LogP contribution >= 0.6 is 0 Å². The zero-order chi connectivity index (χ0) is 19.5. The van der Waals surface area contributed by atoms with E-state index in [0.29, 0.717) is 36.4 Å². The molecule has 1 fully saturated rings. The molecule has 0 unspecified atom stereocenters. The van der Waals surface area contributed by atoms with Crippen LogP contribution in [0, 0.1) is 0 Å². The van der Waals surface area contributed by atoms with Crippen LogP contribution in [0.25, 0.3) is 0 Å². The Kier molecular flexibility index (Phi) is 8.82. The summed E-state index contributed by atoms with van der Waals surface area (Å²) in [6.07, 6.45) is 0.699. The SMILES string of the molecule is C=C(C)C(=O)NCCCCCC(=O)OCOC(=O)ON1C(=O)CCC1=O. The number of carbonyl (C=O) groups excluding carboxylic acids is 5. The summed E-state index contributed by atoms with van der Waals surface area (Å²) in [5.74, 6) is -2.05. The van der Waals surface area contributed by atoms with Crippen LogP contribution in [0.4, 0.5) is 4.79 Å². The first-order valence-electron chi connectivity index (χ1n) is 8.11. The lowest BCUT2D eigenvalue weighted by Gasteiger charge is -2.12. The maximum atomic E-state index is 11.4. The molecule has 0 atom stereocenters. The number of amides is 3. The van der Waals surface area contributed by atoms with Gasteiger partial charge >= 0.3 is 12.1 Å². The van der Waals surface area contributed by atoms with Gasteiger partial charge in [0.1, 0.15) is 0 Å². The zero-order valence-electron chi connectivity index (χ0n) is 14.6. The number of ether oxygens (including phenoxy) is 2. The van der Waals surface area contributed by atoms with Crippen LogP contribution in [-0.4, -0.2) is 48.2 Å². The third kappa shape index (κ3) is 7.77. The molecule has 3 amide bonds. The molecule has 0 spiro atoms. The number of hydroxylamine groups is 2. The molecule has 1 heterocycles. The molecule has 0 aromatic carbocycles. The van der Waals surface area contributed by atoms with E-state index in [2.05, 4.69) is 26.2 Å². The number of carbonyl (C=O) groups is 5. The number of esters is 1. The molecule has 10 nitrogen and oxygen atoms in total. The molecular formula is C16H22N2O8. The molecule has 1 aliphatic heterocycles. The van der Waals surface area contributed by atoms with E-state index in [0.717, 1.165) is 0 Å². The summed E-state index contributed by atoms with van der Waals surface area (Å²) in [5.41, 5.74) is 0.436. The van der Waals surface area contributed by atoms with Crippen LogP contribution in [0.5, 0.6) is 0 Å². The maximum absolute atomic E-state index is 11.4. The molecule has 1 rings (SSSR count). The fraction of sp³-hybridized carbons (Fsp3) is 0.562. The Morgan fingerprint density at radius 1 is 1.08 bits per heavy atom. The maximum Gasteiger partial charge on any atom is 0.536 e. The largest absolute Gasteiger partial charge is 0.536 e. The van der Waals surface area contributed by atoms with E-state index in [-0.39, 0.29) is 25.2 Å². The van der Waals surface area contributed by atoms with Crippen molar-refractivity contribution in [2.24, 2.45) is 0 Å². The summed E-state index contributed by atoms with van der Waals surface area (Å²) in [5, 5.41) is 3.00. The van der Waals surface area contributed by atoms with Crippen molar-refractivity contribution >= 4 is 29.8 Å². The quantitative estimate of drug-likeness (QED) is 0.198. The first-order valence-corrected chi connectivity index (χ1v) is 8.11. The van der Waals surface area contributed by atoms with Crippen molar-refractivity contribution in [3.05, 3.63) is 12.2 Å². The van der Waals surface area contributed by atoms with Crippen molar-refractivity contribution in [3.8, 4) is 0 Å². The minimum atomic E-state index is -1.31. The van der Waals surface area contributed by atoms with Crippen molar-refractivity contribution in [3.63, 3.8) is 0 Å². The summed E-state index contributed by atoms with van der Waals surface area (Å²) in [6, 6.07) is 0. The van der Waals surface area contributed by atoms with Crippen molar-refractivity contribution in [1.82, 2.24) is 10.4 Å². The van der Waals surface area contributed by atoms with Gasteiger partial charge in [-0.3, -0.25) is 24.0 Å². The monoisotopic (exact) mass is 370 g/mol. The minimum Gasteiger partial charge on any atom is -0.428 e. The Morgan fingerprint density at radius 2 is 1.73 bits per heavy atom. The van der Waals surface area contributed by atoms with Crippen LogP contribution in [-0.2, 0) is 33.5 Å². The highest BCUT2D eigenvalue weighted by atomic mass is 16.9. The number of rotatable bonds is 10. The van der Waals surface area contributed by atoms with Crippen molar-refractivity contribution in [1.29, 1.82) is 0 Å². The van der Waals surface area contributed by atoms with Gasteiger partial charge < -0.3 is 14.8 Å². The Labute approximate surface area is 150 Å². The molecule has 0 bridgehead atoms. The van der Waals surface area contributed by atoms with Gasteiger partial charge in [0.2, 0.25) is 12.7 Å². The smallest absolute Gasteiger partial charge is 0.428 e. The van der Waals surface area contributed by atoms with Crippen LogP contribution < -0.4 is 5.32 Å². The molecule has 10 heteroatoms. The predicted octanol–water partition coefficient (Wildman–Crippen LogP) is 0.957. The Bertz CT molecular complexity index is 571. The second-order valence-corrected chi connectivity index (χ2v) is 5.55. The van der Waals surface area contributed by atoms with Crippen LogP contribution in [0.15, 0.2) is 12.2 Å². The molecule has 0 saturated carbocycles. The summed E-state index contributed by atoms with van der Waals surface area (Å²) in [6.45, 7) is 4.94. The third-order valence-electron chi connectivity index (χ3n) is 3.30. The number of hydrogen-bond donors (Lipinski definition) is 1. The van der Waals surface area contributed by atoms with E-state index in [1.165, 1.54) is 0 Å². The van der Waals surface area contributed by atoms with E-state index >= 15 is 0 Å². The van der Waals surface area contributed by atoms with E-state index in [1.54, 1.807) is 6.92 Å². The molecule has 1 N–H and O–H groups in total. The molecule has 0 aliphatic carbocycles. The van der Waals surface area contributed by atoms with Gasteiger partial charge in [-0.15, -0.1) is 0 Å². The summed E-state index contributed by atoms with van der Waals surface area (Å²) in [7, 11) is 0. The highest BCUT2D eigenvalue weighted by Crippen LogP contribution is 2.12. The second-order valence-electron chi connectivity index (χ2n) is 5.55. The number of hydrogen-bond acceptors (Lipinski definition) is 8. The molecule has 144 valence electrons. The van der Waals surface area contributed by atoms with Gasteiger partial charge in [0.15, 0.2) is 0 Å². The zero-order valence-corrected chi connectivity index (χ0v) is 14.6. The molecule has 0 aromatic rings. The first-order chi connectivity index (χ1) is 12.3. The van der Waals surface area contributed by atoms with Gasteiger partial charge in [-0.1, -0.05) is 18.1 Å². The van der Waals surface area contributed by atoms with Crippen LogP contribution in [0.3, 0.4) is 0 Å². The number of imide groups is 1. The van der Waals surface area contributed by atoms with Gasteiger partial charge in [-0.2, -0.15) is 0 Å². The molecule has 0 radical (unpaired) electrons. The first kappa shape index (κ1) is 21.1. The van der Waals surface area contributed by atoms with Gasteiger partial charge in [-0.25, -0.2) is 4.79 Å². The van der Waals surface area contributed by atoms with Crippen molar-refractivity contribution in [2.45, 2.75) is 45.4 Å². The number of unbranched alkanes of at least 4 members (excludes halogenated alkanes) is 2. The highest BCUT2D eigenvalue weighted by molar-refractivity contribution is 6.01. The van der Waals surface area contributed by atoms with E-state index in [4.69, 9.17) is 0 Å². The molecule has 26 heavy (non-hydrogen) atoms. The van der Waals surface area contributed by atoms with Crippen molar-refractivity contribution < 1.29 is 38.3 Å². The van der Waals surface area contributed by atoms with Crippen LogP contribution in [0.1, 0.15) is 45.4 Å². The summed E-state index contributed by atoms with van der Waals surface area (Å²) in [4.78, 5) is 60.8. The van der Waals surface area contributed by atoms with E-state index in [1.807, 2.05) is 0 Å². The molecule has 1 saturated heterocycles. The fourth-order valence-electron chi connectivity index (χ4n) is 1.90. The average molecular weight is 370 g/mol. The lowest BCUT2D eigenvalue weighted by atomic mass is 10.2. The minimum absolute atomic E-state index is 0.0298. The Balaban J connectivity index is 2.03. The molecule has 0 aromatic heterocycles. The Morgan fingerprint density at radius 3 is 2.35 bits per heavy atom. The van der Waals surface area contributed by atoms with E-state index < -0.39 is 30.7 Å². The highest BCUT2D eigenvalue weighted by Gasteiger charge is 2.33.